The molecule has 5 heteroatoms. The maximum Gasteiger partial charge on any atom is 0.325 e. The predicted molar refractivity (Wildman–Crippen MR) is 70.8 cm³/mol. The lowest BCUT2D eigenvalue weighted by Crippen LogP contribution is -2.45. The number of terminal acetylenes is 1. The topological polar surface area (TPSA) is 58.6 Å². The van der Waals surface area contributed by atoms with Crippen molar-refractivity contribution in [1.82, 2.24) is 10.2 Å². The summed E-state index contributed by atoms with van der Waals surface area (Å²) in [6, 6.07) is -0.218. The maximum absolute atomic E-state index is 11.9. The lowest BCUT2D eigenvalue weighted by atomic mass is 10.2. The molecule has 1 heterocycles. The number of carbonyl (C=O) groups excluding carboxylic acids is 2. The molecule has 0 spiro atoms. The summed E-state index contributed by atoms with van der Waals surface area (Å²) in [6.07, 6.45) is 7.26. The van der Waals surface area contributed by atoms with Gasteiger partial charge in [-0.05, 0) is 19.4 Å². The third kappa shape index (κ3) is 5.03. The summed E-state index contributed by atoms with van der Waals surface area (Å²) >= 11 is 0. The average molecular weight is 262 g/mol. The average Bonchev–Trinajstić information content (AvgIpc) is 2.89. The lowest BCUT2D eigenvalue weighted by molar-refractivity contribution is -0.141. The number of hydrogen-bond acceptors (Lipinski definition) is 4. The fraction of sp³-hybridized carbons (Fsp3) is 0.571. The van der Waals surface area contributed by atoms with Crippen molar-refractivity contribution in [2.24, 2.45) is 0 Å². The molecule has 0 bridgehead atoms. The van der Waals surface area contributed by atoms with Gasteiger partial charge in [-0.15, -0.1) is 6.42 Å². The Labute approximate surface area is 113 Å². The third-order valence-corrected chi connectivity index (χ3v) is 2.90. The van der Waals surface area contributed by atoms with Gasteiger partial charge in [-0.25, -0.2) is 0 Å². The summed E-state index contributed by atoms with van der Waals surface area (Å²) in [5.74, 6) is 7.64. The molecule has 0 unspecified atom stereocenters. The molecule has 1 aliphatic rings. The SMILES string of the molecule is C#CCC#CCN1CCC[C@H]1C(=O)NCC(=O)OC. The van der Waals surface area contributed by atoms with E-state index >= 15 is 0 Å². The third-order valence-electron chi connectivity index (χ3n) is 2.90. The van der Waals surface area contributed by atoms with Crippen LogP contribution in [0, 0.1) is 24.2 Å². The molecule has 0 aliphatic carbocycles. The number of nitrogens with one attached hydrogen (secondary N) is 1. The molecule has 102 valence electrons. The number of esters is 1. The number of ether oxygens (including phenoxy) is 1. The first-order valence-corrected chi connectivity index (χ1v) is 6.16. The zero-order chi connectivity index (χ0) is 14.1. The molecule has 0 aromatic heterocycles. The van der Waals surface area contributed by atoms with Gasteiger partial charge in [0.05, 0.1) is 26.1 Å². The number of amides is 1. The van der Waals surface area contributed by atoms with Gasteiger partial charge in [0, 0.05) is 0 Å². The predicted octanol–water partition coefficient (Wildman–Crippen LogP) is -0.233. The Morgan fingerprint density at radius 1 is 1.47 bits per heavy atom. The zero-order valence-corrected chi connectivity index (χ0v) is 11.1. The van der Waals surface area contributed by atoms with Crippen LogP contribution in [0.15, 0.2) is 0 Å². The first-order valence-electron chi connectivity index (χ1n) is 6.16. The van der Waals surface area contributed by atoms with Crippen LogP contribution < -0.4 is 5.32 Å². The highest BCUT2D eigenvalue weighted by Gasteiger charge is 2.29. The first kappa shape index (κ1) is 15.1. The second-order valence-electron chi connectivity index (χ2n) is 4.16. The molecule has 1 N–H and O–H groups in total. The molecule has 1 saturated heterocycles. The fourth-order valence-corrected chi connectivity index (χ4v) is 1.93. The van der Waals surface area contributed by atoms with E-state index in [1.807, 2.05) is 4.90 Å². The Morgan fingerprint density at radius 2 is 2.26 bits per heavy atom. The van der Waals surface area contributed by atoms with E-state index in [-0.39, 0.29) is 18.5 Å². The number of nitrogens with zero attached hydrogens (tertiary/aromatic N) is 1. The van der Waals surface area contributed by atoms with Gasteiger partial charge in [-0.3, -0.25) is 14.5 Å². The van der Waals surface area contributed by atoms with Crippen molar-refractivity contribution in [3.8, 4) is 24.2 Å². The first-order chi connectivity index (χ1) is 9.19. The van der Waals surface area contributed by atoms with E-state index in [4.69, 9.17) is 6.42 Å². The molecule has 19 heavy (non-hydrogen) atoms. The Morgan fingerprint density at radius 3 is 2.95 bits per heavy atom. The molecule has 0 aromatic rings. The number of methoxy groups -OCH3 is 1. The monoisotopic (exact) mass is 262 g/mol. The highest BCUT2D eigenvalue weighted by Crippen LogP contribution is 2.16. The van der Waals surface area contributed by atoms with E-state index < -0.39 is 5.97 Å². The van der Waals surface area contributed by atoms with Crippen LogP contribution in [0.4, 0.5) is 0 Å². The van der Waals surface area contributed by atoms with E-state index in [1.165, 1.54) is 7.11 Å². The van der Waals surface area contributed by atoms with Crippen LogP contribution in [0.5, 0.6) is 0 Å². The minimum absolute atomic E-state index is 0.0948. The van der Waals surface area contributed by atoms with E-state index in [9.17, 15) is 9.59 Å². The van der Waals surface area contributed by atoms with Crippen molar-refractivity contribution in [3.05, 3.63) is 0 Å². The molecule has 0 saturated carbocycles. The summed E-state index contributed by atoms with van der Waals surface area (Å²) in [5, 5.41) is 2.57. The van der Waals surface area contributed by atoms with Crippen molar-refractivity contribution in [2.45, 2.75) is 25.3 Å². The van der Waals surface area contributed by atoms with Crippen LogP contribution >= 0.6 is 0 Å². The summed E-state index contributed by atoms with van der Waals surface area (Å²) in [7, 11) is 1.29. The second-order valence-corrected chi connectivity index (χ2v) is 4.16. The Hall–Kier alpha value is -1.98. The van der Waals surface area contributed by atoms with E-state index in [0.29, 0.717) is 13.0 Å². The molecule has 5 nitrogen and oxygen atoms in total. The number of hydrogen-bond donors (Lipinski definition) is 1. The molecule has 0 radical (unpaired) electrons. The van der Waals surface area contributed by atoms with Gasteiger partial charge >= 0.3 is 5.97 Å². The van der Waals surface area contributed by atoms with Crippen molar-refractivity contribution in [3.63, 3.8) is 0 Å². The standard InChI is InChI=1S/C14H18N2O3/c1-3-4-5-6-9-16-10-7-8-12(16)14(18)15-11-13(17)19-2/h1,12H,4,7-11H2,2H3,(H,15,18)/t12-/m0/s1. The van der Waals surface area contributed by atoms with Gasteiger partial charge in [-0.1, -0.05) is 17.8 Å². The van der Waals surface area contributed by atoms with Gasteiger partial charge in [0.15, 0.2) is 0 Å². The van der Waals surface area contributed by atoms with E-state index in [0.717, 1.165) is 19.4 Å². The Bertz CT molecular complexity index is 428. The summed E-state index contributed by atoms with van der Waals surface area (Å²) in [4.78, 5) is 24.9. The zero-order valence-electron chi connectivity index (χ0n) is 11.1. The normalized spacial score (nSPS) is 18.0. The maximum atomic E-state index is 11.9. The number of rotatable bonds is 4. The molecule has 0 aromatic carbocycles. The molecule has 1 amide bonds. The highest BCUT2D eigenvalue weighted by atomic mass is 16.5. The lowest BCUT2D eigenvalue weighted by Gasteiger charge is -2.20. The van der Waals surface area contributed by atoms with Crippen LogP contribution in [-0.4, -0.2) is 49.6 Å². The van der Waals surface area contributed by atoms with Crippen LogP contribution in [0.1, 0.15) is 19.3 Å². The Kier molecular flexibility index (Phi) is 6.49. The van der Waals surface area contributed by atoms with Gasteiger partial charge in [0.2, 0.25) is 5.91 Å². The highest BCUT2D eigenvalue weighted by molar-refractivity contribution is 5.85. The minimum atomic E-state index is -0.452. The van der Waals surface area contributed by atoms with Crippen LogP contribution in [-0.2, 0) is 14.3 Å². The summed E-state index contributed by atoms with van der Waals surface area (Å²) in [6.45, 7) is 1.27. The molecule has 1 atom stereocenters. The largest absolute Gasteiger partial charge is 0.468 e. The van der Waals surface area contributed by atoms with Crippen LogP contribution in [0.25, 0.3) is 0 Å². The molecule has 1 fully saturated rings. The van der Waals surface area contributed by atoms with Crippen molar-refractivity contribution >= 4 is 11.9 Å². The molecule has 1 aliphatic heterocycles. The molecular formula is C14H18N2O3. The molecule has 1 rings (SSSR count). The van der Waals surface area contributed by atoms with E-state index in [2.05, 4.69) is 27.8 Å². The van der Waals surface area contributed by atoms with Gasteiger partial charge in [0.1, 0.15) is 6.54 Å². The van der Waals surface area contributed by atoms with Crippen molar-refractivity contribution in [2.75, 3.05) is 26.7 Å². The van der Waals surface area contributed by atoms with Gasteiger partial charge in [-0.2, -0.15) is 0 Å². The van der Waals surface area contributed by atoms with Crippen molar-refractivity contribution < 1.29 is 14.3 Å². The number of likely N-dealkylation sites (tertiary alicyclic amines) is 1. The van der Waals surface area contributed by atoms with Crippen LogP contribution in [0.3, 0.4) is 0 Å². The van der Waals surface area contributed by atoms with Crippen LogP contribution in [0.2, 0.25) is 0 Å². The second kappa shape index (κ2) is 8.18. The van der Waals surface area contributed by atoms with Crippen molar-refractivity contribution in [1.29, 1.82) is 0 Å². The van der Waals surface area contributed by atoms with E-state index in [1.54, 1.807) is 0 Å². The van der Waals surface area contributed by atoms with Gasteiger partial charge < -0.3 is 10.1 Å². The molecular weight excluding hydrogens is 244 g/mol. The smallest absolute Gasteiger partial charge is 0.325 e. The quantitative estimate of drug-likeness (QED) is 0.561. The Balaban J connectivity index is 2.43. The summed E-state index contributed by atoms with van der Waals surface area (Å²) < 4.78 is 4.47. The number of carbonyl (C=O) groups is 2. The fourth-order valence-electron chi connectivity index (χ4n) is 1.93. The van der Waals surface area contributed by atoms with Gasteiger partial charge in [0.25, 0.3) is 0 Å². The summed E-state index contributed by atoms with van der Waals surface area (Å²) in [5.41, 5.74) is 0. The minimum Gasteiger partial charge on any atom is -0.468 e.